The number of aromatic nitrogens is 3. The Kier molecular flexibility index (Phi) is 35.8. The van der Waals surface area contributed by atoms with Crippen LogP contribution >= 0.6 is 0 Å². The van der Waals surface area contributed by atoms with Crippen molar-refractivity contribution in [3.8, 4) is 0 Å². The standard InChI is InChI=1S/C26H32N5.C25H42F2.C5H7NO2.C5H10.3C2H6/c1-8-20-11-12-30(6)19(5)25(20)23-15-21(14-17(3)27-23)18(4)28-26-29-22-10-9-16(2)13-24(22)31(26)7;1-6-9-12-21(10-7-2)15-20(5)22(11-8-3)14-13-19(4)23-16-24(26)18-25(27)17-23;7-4-2-1-3-5(8)6-4;1-2-4-5-3-1;3*1-2/h9-10,13-15H,4,8,11-12H2,1-3,5-7H3,(H,28,29);16-22H,6-15H2,1-5H3;1-3H2,(H,6,7,8);1-5H2;3*1-2H3/q+1;;;;;;. The molecule has 2 amide bonds. The molecule has 4 atom stereocenters. The fourth-order valence-corrected chi connectivity index (χ4v) is 10.5. The maximum atomic E-state index is 13.5. The molecule has 2 fully saturated rings. The number of amides is 2. The van der Waals surface area contributed by atoms with Crippen molar-refractivity contribution in [1.82, 2.24) is 19.9 Å². The Morgan fingerprint density at radius 2 is 1.34 bits per heavy atom. The normalized spacial score (nSPS) is 15.4. The SMILES string of the molecule is C1CCCC1.C=C(Nc1nc2ccc(C)cc2n1C)c1cc(C)nc(C2=C(CC)CC[N+](C)=C2C)c1.CC.CC.CC.CCCCC(CCC)CC(C)C(CCC)CCC(C)c1cc(F)cc(F)c1.O=C1CCCC(=O)N1. The quantitative estimate of drug-likeness (QED) is 0.0721. The highest BCUT2D eigenvalue weighted by Gasteiger charge is 2.26. The minimum Gasteiger partial charge on any atom is -0.326 e. The molecule has 2 aromatic heterocycles. The Morgan fingerprint density at radius 3 is 1.87 bits per heavy atom. The van der Waals surface area contributed by atoms with Crippen molar-refractivity contribution in [2.24, 2.45) is 24.8 Å². The lowest BCUT2D eigenvalue weighted by atomic mass is 9.77. The van der Waals surface area contributed by atoms with Crippen molar-refractivity contribution < 1.29 is 22.9 Å². The summed E-state index contributed by atoms with van der Waals surface area (Å²) in [6.45, 7) is 37.3. The topological polar surface area (TPSA) is 91.9 Å². The molecular weight excluding hydrogens is 959 g/mol. The van der Waals surface area contributed by atoms with E-state index in [4.69, 9.17) is 9.97 Å². The van der Waals surface area contributed by atoms with Crippen molar-refractivity contribution in [2.45, 2.75) is 238 Å². The summed E-state index contributed by atoms with van der Waals surface area (Å²) in [5, 5.41) is 5.64. The summed E-state index contributed by atoms with van der Waals surface area (Å²) in [5.41, 5.74) is 12.0. The second-order valence-electron chi connectivity index (χ2n) is 20.9. The number of hydrogen-bond donors (Lipinski definition) is 2. The van der Waals surface area contributed by atoms with Gasteiger partial charge in [0.05, 0.1) is 22.3 Å². The van der Waals surface area contributed by atoms with Crippen LogP contribution < -0.4 is 10.6 Å². The van der Waals surface area contributed by atoms with Crippen LogP contribution in [0.5, 0.6) is 0 Å². The zero-order valence-corrected chi connectivity index (χ0v) is 51.8. The number of rotatable bonds is 19. The molecule has 0 radical (unpaired) electrons. The van der Waals surface area contributed by atoms with Crippen LogP contribution in [0.25, 0.3) is 22.3 Å². The Morgan fingerprint density at radius 1 is 0.740 bits per heavy atom. The molecule has 1 saturated carbocycles. The van der Waals surface area contributed by atoms with Crippen LogP contribution in [0.4, 0.5) is 14.7 Å². The van der Waals surface area contributed by atoms with E-state index >= 15 is 0 Å². The molecule has 0 bridgehead atoms. The van der Waals surface area contributed by atoms with Crippen LogP contribution in [0.15, 0.2) is 60.7 Å². The number of nitrogens with one attached hydrogen (secondary N) is 2. The molecule has 2 aromatic carbocycles. The number of unbranched alkanes of at least 4 members (excludes halogenated alkanes) is 1. The molecule has 0 spiro atoms. The van der Waals surface area contributed by atoms with Gasteiger partial charge in [-0.25, -0.2) is 18.3 Å². The van der Waals surface area contributed by atoms with E-state index in [9.17, 15) is 18.4 Å². The number of halogens is 2. The van der Waals surface area contributed by atoms with Crippen molar-refractivity contribution in [3.63, 3.8) is 0 Å². The molecule has 3 aliphatic rings. The van der Waals surface area contributed by atoms with Gasteiger partial charge in [-0.15, -0.1) is 0 Å². The number of hydrogen-bond acceptors (Lipinski definition) is 5. The second kappa shape index (κ2) is 39.4. The number of carbonyl (C=O) groups is 2. The lowest BCUT2D eigenvalue weighted by Crippen LogP contribution is -2.33. The summed E-state index contributed by atoms with van der Waals surface area (Å²) in [4.78, 5) is 30.3. The fourth-order valence-electron chi connectivity index (χ4n) is 10.5. The molecule has 2 aliphatic heterocycles. The highest BCUT2D eigenvalue weighted by Crippen LogP contribution is 2.35. The predicted molar refractivity (Wildman–Crippen MR) is 329 cm³/mol. The first-order valence-electron chi connectivity index (χ1n) is 30.4. The van der Waals surface area contributed by atoms with E-state index in [1.807, 2.05) is 55.5 Å². The first-order valence-corrected chi connectivity index (χ1v) is 30.4. The summed E-state index contributed by atoms with van der Waals surface area (Å²) in [5.74, 6) is 2.10. The van der Waals surface area contributed by atoms with E-state index in [2.05, 4.69) is 119 Å². The number of nitrogens with zero attached hydrogens (tertiary/aromatic N) is 4. The third-order valence-electron chi connectivity index (χ3n) is 14.9. The van der Waals surface area contributed by atoms with Gasteiger partial charge >= 0.3 is 0 Å². The monoisotopic (exact) mass is 1070 g/mol. The van der Waals surface area contributed by atoms with Crippen LogP contribution in [0, 0.1) is 43.2 Å². The molecule has 2 N–H and O–H groups in total. The molecule has 1 saturated heterocycles. The second-order valence-corrected chi connectivity index (χ2v) is 20.9. The maximum absolute atomic E-state index is 13.5. The van der Waals surface area contributed by atoms with E-state index in [-0.39, 0.29) is 17.7 Å². The average Bonchev–Trinajstić information content (AvgIpc) is 4.11. The van der Waals surface area contributed by atoms with Crippen molar-refractivity contribution in [1.29, 1.82) is 0 Å². The van der Waals surface area contributed by atoms with Gasteiger partial charge < -0.3 is 9.88 Å². The molecule has 432 valence electrons. The van der Waals surface area contributed by atoms with Gasteiger partial charge in [0, 0.05) is 56.3 Å². The smallest absolute Gasteiger partial charge is 0.226 e. The Labute approximate surface area is 468 Å². The number of pyridine rings is 1. The number of fused-ring (bicyclic) bond motifs is 1. The number of piperidine rings is 1. The number of benzene rings is 2. The molecule has 10 heteroatoms. The van der Waals surface area contributed by atoms with E-state index in [0.29, 0.717) is 19.3 Å². The van der Waals surface area contributed by atoms with Gasteiger partial charge in [0.2, 0.25) is 17.8 Å². The highest BCUT2D eigenvalue weighted by molar-refractivity contribution is 6.21. The van der Waals surface area contributed by atoms with Crippen LogP contribution in [-0.2, 0) is 16.6 Å². The van der Waals surface area contributed by atoms with Crippen molar-refractivity contribution in [3.05, 3.63) is 100 Å². The fraction of sp³-hybridized carbons (Fsp3) is 0.627. The molecule has 77 heavy (non-hydrogen) atoms. The maximum Gasteiger partial charge on any atom is 0.226 e. The number of imide groups is 1. The van der Waals surface area contributed by atoms with Gasteiger partial charge in [-0.2, -0.15) is 0 Å². The minimum atomic E-state index is -0.464. The highest BCUT2D eigenvalue weighted by atomic mass is 19.1. The van der Waals surface area contributed by atoms with Crippen LogP contribution in [0.1, 0.15) is 252 Å². The number of allylic oxidation sites excluding steroid dienone is 1. The van der Waals surface area contributed by atoms with Crippen LogP contribution in [0.3, 0.4) is 0 Å². The average molecular weight is 1070 g/mol. The van der Waals surface area contributed by atoms with Gasteiger partial charge in [-0.05, 0) is 123 Å². The predicted octanol–water partition coefficient (Wildman–Crippen LogP) is 19.1. The van der Waals surface area contributed by atoms with Crippen molar-refractivity contribution in [2.75, 3.05) is 18.9 Å². The van der Waals surface area contributed by atoms with Crippen LogP contribution in [0.2, 0.25) is 0 Å². The summed E-state index contributed by atoms with van der Waals surface area (Å²) in [7, 11) is 4.19. The van der Waals surface area contributed by atoms with Crippen LogP contribution in [-0.4, -0.2) is 50.2 Å². The molecule has 7 rings (SSSR count). The number of anilines is 1. The van der Waals surface area contributed by atoms with E-state index in [1.54, 1.807) is 0 Å². The van der Waals surface area contributed by atoms with E-state index in [1.165, 1.54) is 118 Å². The minimum absolute atomic E-state index is 0.138. The van der Waals surface area contributed by atoms with E-state index in [0.717, 1.165) is 101 Å². The summed E-state index contributed by atoms with van der Waals surface area (Å²) in [6, 6.07) is 14.5. The van der Waals surface area contributed by atoms with Gasteiger partial charge in [0.25, 0.3) is 0 Å². The van der Waals surface area contributed by atoms with E-state index < -0.39 is 11.6 Å². The van der Waals surface area contributed by atoms with Gasteiger partial charge in [0.15, 0.2) is 5.71 Å². The first kappa shape index (κ1) is 70.0. The van der Waals surface area contributed by atoms with Gasteiger partial charge in [-0.3, -0.25) is 19.9 Å². The molecule has 8 nitrogen and oxygen atoms in total. The molecule has 1 aliphatic carbocycles. The zero-order chi connectivity index (χ0) is 58.0. The summed E-state index contributed by atoms with van der Waals surface area (Å²) in [6.07, 6.45) is 24.0. The molecule has 4 unspecified atom stereocenters. The Balaban J connectivity index is 0.000000579. The summed E-state index contributed by atoms with van der Waals surface area (Å²) < 4.78 is 31.4. The van der Waals surface area contributed by atoms with Gasteiger partial charge in [0.1, 0.15) is 25.2 Å². The third-order valence-corrected chi connectivity index (χ3v) is 14.9. The molecule has 4 aromatic rings. The van der Waals surface area contributed by atoms with Crippen molar-refractivity contribution >= 4 is 45.8 Å². The number of carbonyl (C=O) groups excluding carboxylic acids is 2. The molecule has 4 heterocycles. The number of imidazole rings is 1. The zero-order valence-electron chi connectivity index (χ0n) is 51.8. The lowest BCUT2D eigenvalue weighted by molar-refractivity contribution is -0.497. The number of aryl methyl sites for hydroxylation is 3. The first-order chi connectivity index (χ1) is 37.0. The Bertz CT molecular complexity index is 2370. The lowest BCUT2D eigenvalue weighted by Gasteiger charge is -2.29. The largest absolute Gasteiger partial charge is 0.326 e. The third kappa shape index (κ3) is 24.7. The Hall–Kier alpha value is -4.99. The van der Waals surface area contributed by atoms with Gasteiger partial charge in [-0.1, -0.05) is 173 Å². The summed E-state index contributed by atoms with van der Waals surface area (Å²) >= 11 is 0. The molecular formula is C67H109F2N6O2+.